The topological polar surface area (TPSA) is 394 Å². The van der Waals surface area contributed by atoms with Crippen LogP contribution in [0.5, 0.6) is 5.75 Å². The number of nitrogens with zero attached hydrogens (tertiary/aromatic N) is 2. The second-order valence-corrected chi connectivity index (χ2v) is 18.1. The molecule has 0 radical (unpaired) electrons. The number of likely N-dealkylation sites (N-methyl/N-ethyl adjacent to an activating group) is 1. The van der Waals surface area contributed by atoms with Crippen LogP contribution in [0.2, 0.25) is 0 Å². The van der Waals surface area contributed by atoms with E-state index in [1.165, 1.54) is 31.3 Å². The highest BCUT2D eigenvalue weighted by Gasteiger charge is 2.41. The van der Waals surface area contributed by atoms with Gasteiger partial charge in [-0.15, -0.1) is 0 Å². The van der Waals surface area contributed by atoms with Crippen LogP contribution >= 0.6 is 0 Å². The van der Waals surface area contributed by atoms with Gasteiger partial charge in [-0.1, -0.05) is 46.2 Å². The summed E-state index contributed by atoms with van der Waals surface area (Å²) >= 11 is 0. The molecule has 1 aromatic carbocycles. The Balaban J connectivity index is 2.09. The van der Waals surface area contributed by atoms with Gasteiger partial charge in [0.15, 0.2) is 0 Å². The number of rotatable bonds is 17. The van der Waals surface area contributed by atoms with Gasteiger partial charge in [0.2, 0.25) is 70.9 Å². The molecule has 0 saturated carbocycles. The summed E-state index contributed by atoms with van der Waals surface area (Å²) in [5.41, 5.74) is 16.6. The van der Waals surface area contributed by atoms with Gasteiger partial charge in [-0.3, -0.25) is 57.5 Å². The zero-order valence-electron chi connectivity index (χ0n) is 40.2. The normalized spacial score (nSPS) is 23.1. The fraction of sp³-hybridized carbons (Fsp3) is 0.600. The monoisotopic (exact) mass is 985 g/mol. The van der Waals surface area contributed by atoms with Crippen LogP contribution in [-0.2, 0) is 64.0 Å². The zero-order valence-corrected chi connectivity index (χ0v) is 40.2. The van der Waals surface area contributed by atoms with Gasteiger partial charge in [-0.25, -0.2) is 0 Å². The number of nitrogens with one attached hydrogen (secondary N) is 7. The summed E-state index contributed by atoms with van der Waals surface area (Å²) in [6, 6.07) is -4.34. The lowest BCUT2D eigenvalue weighted by Gasteiger charge is -2.31. The van der Waals surface area contributed by atoms with E-state index in [0.717, 1.165) is 9.80 Å². The average molecular weight is 985 g/mol. The van der Waals surface area contributed by atoms with Crippen molar-refractivity contribution in [3.63, 3.8) is 0 Å². The lowest BCUT2D eigenvalue weighted by atomic mass is 9.96. The maximum atomic E-state index is 14.5. The van der Waals surface area contributed by atoms with Crippen molar-refractivity contribution in [2.75, 3.05) is 26.7 Å². The van der Waals surface area contributed by atoms with Crippen molar-refractivity contribution in [2.24, 2.45) is 29.0 Å². The van der Waals surface area contributed by atoms with Crippen molar-refractivity contribution in [3.05, 3.63) is 29.8 Å². The predicted molar refractivity (Wildman–Crippen MR) is 248 cm³/mol. The molecule has 70 heavy (non-hydrogen) atoms. The molecule has 14 N–H and O–H groups in total. The molecule has 0 aliphatic carbocycles. The molecule has 12 amide bonds. The first-order valence-electron chi connectivity index (χ1n) is 23.2. The van der Waals surface area contributed by atoms with Crippen molar-refractivity contribution >= 4 is 70.9 Å². The Morgan fingerprint density at radius 3 is 2.01 bits per heavy atom. The molecule has 25 heteroatoms. The Kier molecular flexibility index (Phi) is 22.0. The SMILES string of the molecule is CC[C@H](C)[C@@H]1NC(=O)[C@H](Cc2ccc(O)cc2)NC(=O)CN(C)C(=O)CC[C@@H](C(=O)N2CCC[C@H]2C(=O)N[C@@H](CC(C)C)C(=O)NCC(N)=O)NC(=O)[C@H](CC(N)=O)NC(=O)[C@H](CCC(N)=O)NC1=O. The van der Waals surface area contributed by atoms with Gasteiger partial charge in [0.25, 0.3) is 0 Å². The van der Waals surface area contributed by atoms with Gasteiger partial charge in [0.1, 0.15) is 48.0 Å². The number of amides is 12. The molecular formula is C45H68N12O13. The summed E-state index contributed by atoms with van der Waals surface area (Å²) in [6.07, 6.45) is -1.93. The van der Waals surface area contributed by atoms with Gasteiger partial charge < -0.3 is 69.3 Å². The van der Waals surface area contributed by atoms with E-state index >= 15 is 0 Å². The highest BCUT2D eigenvalue weighted by molar-refractivity contribution is 5.99. The molecule has 2 aliphatic rings. The van der Waals surface area contributed by atoms with Crippen LogP contribution in [0.1, 0.15) is 91.0 Å². The van der Waals surface area contributed by atoms with E-state index in [-0.39, 0.29) is 37.5 Å². The second-order valence-electron chi connectivity index (χ2n) is 18.1. The minimum Gasteiger partial charge on any atom is -0.508 e. The van der Waals surface area contributed by atoms with Crippen molar-refractivity contribution in [1.29, 1.82) is 0 Å². The number of carbonyl (C=O) groups excluding carboxylic acids is 12. The maximum Gasteiger partial charge on any atom is 0.245 e. The first-order chi connectivity index (χ1) is 32.9. The van der Waals surface area contributed by atoms with Gasteiger partial charge in [-0.2, -0.15) is 0 Å². The second kappa shape index (κ2) is 27.0. The molecule has 0 aromatic heterocycles. The lowest BCUT2D eigenvalue weighted by Crippen LogP contribution is -2.61. The van der Waals surface area contributed by atoms with Crippen LogP contribution in [0, 0.1) is 11.8 Å². The molecule has 0 spiro atoms. The molecule has 1 aromatic rings. The van der Waals surface area contributed by atoms with Crippen LogP contribution in [0.4, 0.5) is 0 Å². The number of hydrogen-bond acceptors (Lipinski definition) is 13. The molecule has 3 rings (SSSR count). The van der Waals surface area contributed by atoms with E-state index in [4.69, 9.17) is 17.2 Å². The maximum absolute atomic E-state index is 14.5. The molecule has 386 valence electrons. The summed E-state index contributed by atoms with van der Waals surface area (Å²) in [6.45, 7) is 5.84. The van der Waals surface area contributed by atoms with E-state index in [9.17, 15) is 62.6 Å². The number of benzene rings is 1. The molecule has 2 fully saturated rings. The summed E-state index contributed by atoms with van der Waals surface area (Å²) < 4.78 is 0. The Bertz CT molecular complexity index is 2120. The van der Waals surface area contributed by atoms with Crippen molar-refractivity contribution < 1.29 is 62.6 Å². The number of likely N-dealkylation sites (tertiary alicyclic amines) is 1. The third-order valence-corrected chi connectivity index (χ3v) is 11.9. The number of phenolic OH excluding ortho intramolecular Hbond substituents is 1. The molecule has 0 unspecified atom stereocenters. The van der Waals surface area contributed by atoms with E-state index in [2.05, 4.69) is 37.2 Å². The lowest BCUT2D eigenvalue weighted by molar-refractivity contribution is -0.143. The first-order valence-corrected chi connectivity index (χ1v) is 23.2. The summed E-state index contributed by atoms with van der Waals surface area (Å²) in [7, 11) is 1.28. The first kappa shape index (κ1) is 57.0. The number of phenols is 1. The average Bonchev–Trinajstić information content (AvgIpc) is 3.79. The fourth-order valence-electron chi connectivity index (χ4n) is 7.84. The van der Waals surface area contributed by atoms with Gasteiger partial charge >= 0.3 is 0 Å². The number of primary amides is 3. The Labute approximate surface area is 405 Å². The van der Waals surface area contributed by atoms with Crippen LogP contribution in [-0.4, -0.2) is 155 Å². The molecular weight excluding hydrogens is 917 g/mol. The molecule has 2 heterocycles. The third kappa shape index (κ3) is 18.0. The quantitative estimate of drug-likeness (QED) is 0.0709. The van der Waals surface area contributed by atoms with Crippen LogP contribution in [0.3, 0.4) is 0 Å². The van der Waals surface area contributed by atoms with Gasteiger partial charge in [0, 0.05) is 32.9 Å². The number of carbonyl (C=O) groups is 12. The molecule has 2 saturated heterocycles. The molecule has 8 atom stereocenters. The summed E-state index contributed by atoms with van der Waals surface area (Å²) in [4.78, 5) is 163. The van der Waals surface area contributed by atoms with E-state index < -0.39 is 164 Å². The van der Waals surface area contributed by atoms with Gasteiger partial charge in [-0.05, 0) is 61.6 Å². The minimum atomic E-state index is -1.82. The number of nitrogens with two attached hydrogens (primary N) is 3. The van der Waals surface area contributed by atoms with Crippen LogP contribution in [0.15, 0.2) is 24.3 Å². The zero-order chi connectivity index (χ0) is 52.4. The van der Waals surface area contributed by atoms with Crippen LogP contribution in [0.25, 0.3) is 0 Å². The van der Waals surface area contributed by atoms with Crippen molar-refractivity contribution in [1.82, 2.24) is 47.0 Å². The Morgan fingerprint density at radius 2 is 1.41 bits per heavy atom. The fourth-order valence-corrected chi connectivity index (χ4v) is 7.84. The third-order valence-electron chi connectivity index (χ3n) is 11.9. The van der Waals surface area contributed by atoms with E-state index in [1.54, 1.807) is 27.7 Å². The van der Waals surface area contributed by atoms with Crippen LogP contribution < -0.4 is 54.4 Å². The Morgan fingerprint density at radius 1 is 0.786 bits per heavy atom. The van der Waals surface area contributed by atoms with E-state index in [1.807, 2.05) is 0 Å². The minimum absolute atomic E-state index is 0.0146. The molecule has 0 bridgehead atoms. The summed E-state index contributed by atoms with van der Waals surface area (Å²) in [5, 5.41) is 27.4. The largest absolute Gasteiger partial charge is 0.508 e. The highest BCUT2D eigenvalue weighted by atomic mass is 16.3. The smallest absolute Gasteiger partial charge is 0.245 e. The molecule has 25 nitrogen and oxygen atoms in total. The predicted octanol–water partition coefficient (Wildman–Crippen LogP) is -4.08. The van der Waals surface area contributed by atoms with Crippen molar-refractivity contribution in [3.8, 4) is 5.75 Å². The number of aromatic hydroxyl groups is 1. The highest BCUT2D eigenvalue weighted by Crippen LogP contribution is 2.21. The van der Waals surface area contributed by atoms with E-state index in [0.29, 0.717) is 18.4 Å². The number of hydrogen-bond donors (Lipinski definition) is 11. The van der Waals surface area contributed by atoms with Crippen molar-refractivity contribution in [2.45, 2.75) is 134 Å². The van der Waals surface area contributed by atoms with Gasteiger partial charge in [0.05, 0.1) is 19.5 Å². The Hall–Kier alpha value is -7.34. The summed E-state index contributed by atoms with van der Waals surface area (Å²) in [5.74, 6) is -11.3. The standard InChI is InChI=1S/C45H68N12O13/c1-6-24(4)38-44(69)51-27(13-15-33(46)59)40(65)53-31(20-34(47)60)41(66)52-28(45(70)57-17-7-8-32(57)43(68)54-29(18-23(2)3)39(64)49-21-35(48)61)14-16-37(63)56(5)22-36(62)50-30(42(67)55-38)19-25-9-11-26(58)12-10-25/h9-12,23-24,27-32,38,58H,6-8,13-22H2,1-5H3,(H2,46,59)(H2,47,60)(H2,48,61)(H,49,64)(H,50,62)(H,51,69)(H,52,66)(H,53,65)(H,54,68)(H,55,67)/t24-,27-,28-,29-,30-,31-,32-,38-/m0/s1. The molecule has 2 aliphatic heterocycles.